The fraction of sp³-hybridized carbons (Fsp3) is 0.500. The minimum Gasteiger partial charge on any atom is -0.468 e. The number of ether oxygens (including phenoxy) is 2. The van der Waals surface area contributed by atoms with Crippen LogP contribution in [0.5, 0.6) is 0 Å². The van der Waals surface area contributed by atoms with Crippen LogP contribution in [-0.4, -0.2) is 41.6 Å². The number of methoxy groups -OCH3 is 1. The highest BCUT2D eigenvalue weighted by atomic mass is 16.6. The Hall–Kier alpha value is -2.90. The Morgan fingerprint density at radius 2 is 2.11 bits per heavy atom. The summed E-state index contributed by atoms with van der Waals surface area (Å²) in [6, 6.07) is 6.10. The molecule has 1 aliphatic heterocycles. The molecule has 0 spiro atoms. The molecule has 0 fully saturated rings. The number of non-ortho nitro benzene ring substituents is 1. The Bertz CT molecular complexity index is 801. The lowest BCUT2D eigenvalue weighted by Crippen LogP contribution is -2.42. The number of nitrogens with zero attached hydrogens (tertiary/aromatic N) is 3. The van der Waals surface area contributed by atoms with Crippen LogP contribution < -0.4 is 0 Å². The van der Waals surface area contributed by atoms with E-state index in [1.807, 2.05) is 4.90 Å². The van der Waals surface area contributed by atoms with Gasteiger partial charge in [-0.25, -0.2) is 9.79 Å². The van der Waals surface area contributed by atoms with Crippen LogP contribution in [0.25, 0.3) is 0 Å². The van der Waals surface area contributed by atoms with Crippen LogP contribution in [0.1, 0.15) is 52.1 Å². The normalized spacial score (nSPS) is 16.9. The molecule has 1 heterocycles. The topological polar surface area (TPSA) is 94.3 Å². The van der Waals surface area contributed by atoms with Crippen LogP contribution in [0.15, 0.2) is 40.5 Å². The van der Waals surface area contributed by atoms with Crippen molar-refractivity contribution >= 4 is 17.7 Å². The Balaban J connectivity index is 2.63. The molecule has 0 aliphatic carbocycles. The monoisotopic (exact) mass is 389 g/mol. The van der Waals surface area contributed by atoms with Crippen LogP contribution in [-0.2, 0) is 14.3 Å². The average molecular weight is 389 g/mol. The number of hydrogen-bond donors (Lipinski definition) is 0. The number of carbonyl (C=O) groups is 1. The highest BCUT2D eigenvalue weighted by molar-refractivity contribution is 5.94. The van der Waals surface area contributed by atoms with Crippen molar-refractivity contribution in [3.05, 3.63) is 51.2 Å². The first-order valence-corrected chi connectivity index (χ1v) is 9.35. The van der Waals surface area contributed by atoms with Crippen molar-refractivity contribution in [2.24, 2.45) is 4.99 Å². The second-order valence-electron chi connectivity index (χ2n) is 6.85. The lowest BCUT2D eigenvalue weighted by molar-refractivity contribution is -0.384. The summed E-state index contributed by atoms with van der Waals surface area (Å²) < 4.78 is 10.9. The van der Waals surface area contributed by atoms with Gasteiger partial charge in [0.1, 0.15) is 0 Å². The van der Waals surface area contributed by atoms with E-state index >= 15 is 0 Å². The van der Waals surface area contributed by atoms with Crippen LogP contribution >= 0.6 is 0 Å². The number of carbonyl (C=O) groups excluding carboxylic acids is 1. The predicted octanol–water partition coefficient (Wildman–Crippen LogP) is 3.98. The lowest BCUT2D eigenvalue weighted by atomic mass is 9.93. The minimum atomic E-state index is -0.579. The number of rotatable bonds is 7. The van der Waals surface area contributed by atoms with Gasteiger partial charge in [0.25, 0.3) is 11.7 Å². The number of allylic oxidation sites excluding steroid dienone is 1. The SMILES string of the molecule is CCCCN1C(OC)=NC(C)=C(C(=O)OC(C)C)C1c1cccc([N+](=O)[O-])c1. The van der Waals surface area contributed by atoms with Gasteiger partial charge in [-0.15, -0.1) is 0 Å². The molecular formula is C20H27N3O5. The Morgan fingerprint density at radius 1 is 1.39 bits per heavy atom. The number of unbranched alkanes of at least 4 members (excludes halogenated alkanes) is 1. The van der Waals surface area contributed by atoms with Gasteiger partial charge in [-0.3, -0.25) is 10.1 Å². The molecule has 8 nitrogen and oxygen atoms in total. The van der Waals surface area contributed by atoms with Crippen molar-refractivity contribution < 1.29 is 19.2 Å². The molecule has 8 heteroatoms. The van der Waals surface area contributed by atoms with E-state index in [9.17, 15) is 14.9 Å². The number of amidine groups is 1. The van der Waals surface area contributed by atoms with Gasteiger partial charge in [0.05, 0.1) is 35.4 Å². The van der Waals surface area contributed by atoms with Crippen molar-refractivity contribution in [1.82, 2.24) is 4.90 Å². The van der Waals surface area contributed by atoms with E-state index in [2.05, 4.69) is 11.9 Å². The van der Waals surface area contributed by atoms with Crippen molar-refractivity contribution in [2.75, 3.05) is 13.7 Å². The zero-order valence-corrected chi connectivity index (χ0v) is 17.0. The average Bonchev–Trinajstić information content (AvgIpc) is 2.65. The van der Waals surface area contributed by atoms with Crippen LogP contribution in [0.4, 0.5) is 5.69 Å². The minimum absolute atomic E-state index is 0.0383. The van der Waals surface area contributed by atoms with Crippen LogP contribution in [0, 0.1) is 10.1 Å². The van der Waals surface area contributed by atoms with E-state index in [4.69, 9.17) is 9.47 Å². The molecule has 1 aromatic rings. The summed E-state index contributed by atoms with van der Waals surface area (Å²) in [6.45, 7) is 7.92. The third-order valence-corrected chi connectivity index (χ3v) is 4.38. The highest BCUT2D eigenvalue weighted by Gasteiger charge is 2.37. The van der Waals surface area contributed by atoms with E-state index in [-0.39, 0.29) is 11.8 Å². The zero-order chi connectivity index (χ0) is 20.8. The zero-order valence-electron chi connectivity index (χ0n) is 17.0. The van der Waals surface area contributed by atoms with Gasteiger partial charge in [0.15, 0.2) is 0 Å². The molecule has 0 N–H and O–H groups in total. The number of nitro groups is 1. The Labute approximate surface area is 165 Å². The maximum absolute atomic E-state index is 12.9. The molecule has 1 aliphatic rings. The lowest BCUT2D eigenvalue weighted by Gasteiger charge is -2.37. The molecule has 0 aromatic heterocycles. The summed E-state index contributed by atoms with van der Waals surface area (Å²) in [5.41, 5.74) is 1.42. The van der Waals surface area contributed by atoms with Crippen molar-refractivity contribution in [3.63, 3.8) is 0 Å². The van der Waals surface area contributed by atoms with E-state index in [1.165, 1.54) is 19.2 Å². The van der Waals surface area contributed by atoms with E-state index in [1.54, 1.807) is 32.9 Å². The number of esters is 1. The number of benzene rings is 1. The summed E-state index contributed by atoms with van der Waals surface area (Å²) in [4.78, 5) is 30.0. The molecule has 0 saturated carbocycles. The van der Waals surface area contributed by atoms with Gasteiger partial charge < -0.3 is 14.4 Å². The summed E-state index contributed by atoms with van der Waals surface area (Å²) in [6.07, 6.45) is 1.48. The Kier molecular flexibility index (Phi) is 7.14. The maximum atomic E-state index is 12.9. The van der Waals surface area contributed by atoms with E-state index in [0.717, 1.165) is 12.8 Å². The van der Waals surface area contributed by atoms with E-state index < -0.39 is 16.9 Å². The molecule has 0 bridgehead atoms. The fourth-order valence-corrected chi connectivity index (χ4v) is 3.14. The van der Waals surface area contributed by atoms with Gasteiger partial charge in [-0.05, 0) is 32.8 Å². The molecule has 0 amide bonds. The molecule has 1 aromatic carbocycles. The smallest absolute Gasteiger partial charge is 0.338 e. The molecule has 28 heavy (non-hydrogen) atoms. The van der Waals surface area contributed by atoms with Gasteiger partial charge in [-0.2, -0.15) is 0 Å². The summed E-state index contributed by atoms with van der Waals surface area (Å²) in [5, 5.41) is 11.3. The van der Waals surface area contributed by atoms with Gasteiger partial charge in [-0.1, -0.05) is 25.5 Å². The standard InChI is InChI=1S/C20H27N3O5/c1-6-7-11-22-18(15-9-8-10-16(12-15)23(25)26)17(19(24)28-13(2)3)14(4)21-20(22)27-5/h8-10,12-13,18H,6-7,11H2,1-5H3. The predicted molar refractivity (Wildman–Crippen MR) is 106 cm³/mol. The second-order valence-corrected chi connectivity index (χ2v) is 6.85. The maximum Gasteiger partial charge on any atom is 0.338 e. The fourth-order valence-electron chi connectivity index (χ4n) is 3.14. The second kappa shape index (κ2) is 9.34. The van der Waals surface area contributed by atoms with Gasteiger partial charge in [0.2, 0.25) is 0 Å². The van der Waals surface area contributed by atoms with Crippen LogP contribution in [0.2, 0.25) is 0 Å². The van der Waals surface area contributed by atoms with E-state index in [0.29, 0.717) is 29.4 Å². The third-order valence-electron chi connectivity index (χ3n) is 4.38. The summed E-state index contributed by atoms with van der Waals surface area (Å²) in [7, 11) is 1.52. The summed E-state index contributed by atoms with van der Waals surface area (Å²) in [5.74, 6) is -0.482. The molecule has 2 rings (SSSR count). The van der Waals surface area contributed by atoms with Crippen LogP contribution in [0.3, 0.4) is 0 Å². The largest absolute Gasteiger partial charge is 0.468 e. The highest BCUT2D eigenvalue weighted by Crippen LogP contribution is 2.37. The summed E-state index contributed by atoms with van der Waals surface area (Å²) >= 11 is 0. The molecule has 1 atom stereocenters. The number of nitro benzene ring substituents is 1. The molecule has 152 valence electrons. The first-order valence-electron chi connectivity index (χ1n) is 9.35. The third kappa shape index (κ3) is 4.68. The van der Waals surface area contributed by atoms with Crippen molar-refractivity contribution in [3.8, 4) is 0 Å². The quantitative estimate of drug-likeness (QED) is 0.398. The molecular weight excluding hydrogens is 362 g/mol. The first-order chi connectivity index (χ1) is 13.3. The van der Waals surface area contributed by atoms with Gasteiger partial charge in [0, 0.05) is 18.7 Å². The van der Waals surface area contributed by atoms with Gasteiger partial charge >= 0.3 is 5.97 Å². The van der Waals surface area contributed by atoms with Crippen molar-refractivity contribution in [2.45, 2.75) is 52.7 Å². The Morgan fingerprint density at radius 3 is 2.68 bits per heavy atom. The molecule has 0 saturated heterocycles. The molecule has 0 radical (unpaired) electrons. The number of hydrogen-bond acceptors (Lipinski definition) is 7. The molecule has 1 unspecified atom stereocenters. The number of aliphatic imine (C=N–C) groups is 1. The first kappa shape index (κ1) is 21.4. The van der Waals surface area contributed by atoms with Crippen molar-refractivity contribution in [1.29, 1.82) is 0 Å².